The van der Waals surface area contributed by atoms with Gasteiger partial charge in [0.15, 0.2) is 0 Å². The van der Waals surface area contributed by atoms with Crippen molar-refractivity contribution in [1.82, 2.24) is 4.90 Å². The van der Waals surface area contributed by atoms with Gasteiger partial charge in [0.2, 0.25) is 0 Å². The molecule has 2 heteroatoms. The van der Waals surface area contributed by atoms with Crippen LogP contribution in [-0.4, -0.2) is 31.1 Å². The number of likely N-dealkylation sites (N-methyl/N-ethyl adjacent to an activating group) is 1. The van der Waals surface area contributed by atoms with Crippen molar-refractivity contribution in [1.29, 1.82) is 0 Å². The summed E-state index contributed by atoms with van der Waals surface area (Å²) in [5.74, 6) is 1.58. The van der Waals surface area contributed by atoms with Gasteiger partial charge in [0.25, 0.3) is 0 Å². The van der Waals surface area contributed by atoms with E-state index in [1.165, 1.54) is 30.5 Å². The first kappa shape index (κ1) is 13.4. The van der Waals surface area contributed by atoms with Crippen molar-refractivity contribution in [2.75, 3.05) is 20.2 Å². The van der Waals surface area contributed by atoms with Gasteiger partial charge in [-0.05, 0) is 62.5 Å². The van der Waals surface area contributed by atoms with Gasteiger partial charge in [0.05, 0.1) is 0 Å². The summed E-state index contributed by atoms with van der Waals surface area (Å²) >= 11 is 0. The first-order valence-electron chi connectivity index (χ1n) is 7.01. The van der Waals surface area contributed by atoms with E-state index in [1.54, 1.807) is 0 Å². The molecule has 1 aromatic rings. The SMILES string of the molecule is Cc1ccc(OC[C@H]2CCCN2C)cc1C(C)C. The molecule has 2 nitrogen and oxygen atoms in total. The average molecular weight is 247 g/mol. The fourth-order valence-corrected chi connectivity index (χ4v) is 2.71. The molecule has 0 aromatic heterocycles. The molecule has 1 aliphatic rings. The molecule has 1 aliphatic heterocycles. The molecule has 0 unspecified atom stereocenters. The highest BCUT2D eigenvalue weighted by Crippen LogP contribution is 2.25. The van der Waals surface area contributed by atoms with Crippen LogP contribution in [-0.2, 0) is 0 Å². The minimum absolute atomic E-state index is 0.558. The summed E-state index contributed by atoms with van der Waals surface area (Å²) in [4.78, 5) is 2.40. The van der Waals surface area contributed by atoms with Crippen LogP contribution in [0.2, 0.25) is 0 Å². The fraction of sp³-hybridized carbons (Fsp3) is 0.625. The summed E-state index contributed by atoms with van der Waals surface area (Å²) in [6.07, 6.45) is 2.56. The third-order valence-corrected chi connectivity index (χ3v) is 3.99. The van der Waals surface area contributed by atoms with E-state index in [-0.39, 0.29) is 0 Å². The predicted molar refractivity (Wildman–Crippen MR) is 76.4 cm³/mol. The monoisotopic (exact) mass is 247 g/mol. The van der Waals surface area contributed by atoms with Gasteiger partial charge in [-0.15, -0.1) is 0 Å². The first-order valence-corrected chi connectivity index (χ1v) is 7.01. The topological polar surface area (TPSA) is 12.5 Å². The lowest BCUT2D eigenvalue weighted by Gasteiger charge is -2.20. The molecular weight excluding hydrogens is 222 g/mol. The Bertz CT molecular complexity index is 400. The van der Waals surface area contributed by atoms with E-state index < -0.39 is 0 Å². The Labute approximate surface area is 111 Å². The molecule has 2 rings (SSSR count). The molecule has 0 radical (unpaired) electrons. The van der Waals surface area contributed by atoms with E-state index in [1.807, 2.05) is 0 Å². The molecule has 1 saturated heterocycles. The molecule has 18 heavy (non-hydrogen) atoms. The second-order valence-corrected chi connectivity index (χ2v) is 5.76. The third-order valence-electron chi connectivity index (χ3n) is 3.99. The maximum atomic E-state index is 5.96. The number of hydrogen-bond acceptors (Lipinski definition) is 2. The van der Waals surface area contributed by atoms with Crippen LogP contribution in [0.15, 0.2) is 18.2 Å². The van der Waals surface area contributed by atoms with Crippen LogP contribution in [0.1, 0.15) is 43.7 Å². The zero-order valence-electron chi connectivity index (χ0n) is 12.1. The van der Waals surface area contributed by atoms with Crippen LogP contribution in [0.4, 0.5) is 0 Å². The van der Waals surface area contributed by atoms with Crippen molar-refractivity contribution in [3.63, 3.8) is 0 Å². The van der Waals surface area contributed by atoms with Crippen LogP contribution in [0.25, 0.3) is 0 Å². The van der Waals surface area contributed by atoms with Crippen LogP contribution in [0, 0.1) is 6.92 Å². The number of nitrogens with zero attached hydrogens (tertiary/aromatic N) is 1. The molecule has 1 atom stereocenters. The lowest BCUT2D eigenvalue weighted by atomic mass is 9.98. The van der Waals surface area contributed by atoms with Gasteiger partial charge in [-0.1, -0.05) is 19.9 Å². The quantitative estimate of drug-likeness (QED) is 0.806. The number of benzene rings is 1. The van der Waals surface area contributed by atoms with E-state index in [0.717, 1.165) is 12.4 Å². The number of likely N-dealkylation sites (tertiary alicyclic amines) is 1. The zero-order valence-corrected chi connectivity index (χ0v) is 12.1. The number of hydrogen-bond donors (Lipinski definition) is 0. The highest BCUT2D eigenvalue weighted by atomic mass is 16.5. The van der Waals surface area contributed by atoms with Gasteiger partial charge in [-0.2, -0.15) is 0 Å². The Hall–Kier alpha value is -1.02. The first-order chi connectivity index (χ1) is 8.58. The summed E-state index contributed by atoms with van der Waals surface area (Å²) in [5.41, 5.74) is 2.75. The summed E-state index contributed by atoms with van der Waals surface area (Å²) < 4.78 is 5.96. The number of ether oxygens (including phenoxy) is 1. The molecule has 1 fully saturated rings. The van der Waals surface area contributed by atoms with E-state index in [9.17, 15) is 0 Å². The smallest absolute Gasteiger partial charge is 0.119 e. The lowest BCUT2D eigenvalue weighted by molar-refractivity contribution is 0.198. The molecular formula is C16H25NO. The van der Waals surface area contributed by atoms with Crippen molar-refractivity contribution < 1.29 is 4.74 Å². The molecule has 0 amide bonds. The second kappa shape index (κ2) is 5.75. The van der Waals surface area contributed by atoms with Gasteiger partial charge in [0, 0.05) is 6.04 Å². The third kappa shape index (κ3) is 3.05. The van der Waals surface area contributed by atoms with Crippen molar-refractivity contribution in [3.05, 3.63) is 29.3 Å². The van der Waals surface area contributed by atoms with Gasteiger partial charge >= 0.3 is 0 Å². The van der Waals surface area contributed by atoms with Crippen LogP contribution < -0.4 is 4.74 Å². The second-order valence-electron chi connectivity index (χ2n) is 5.76. The minimum atomic E-state index is 0.558. The van der Waals surface area contributed by atoms with Gasteiger partial charge in [0.1, 0.15) is 12.4 Å². The molecule has 100 valence electrons. The number of rotatable bonds is 4. The summed E-state index contributed by atoms with van der Waals surface area (Å²) in [7, 11) is 2.19. The lowest BCUT2D eigenvalue weighted by Crippen LogP contribution is -2.30. The largest absolute Gasteiger partial charge is 0.492 e. The zero-order chi connectivity index (χ0) is 13.1. The van der Waals surface area contributed by atoms with Crippen LogP contribution >= 0.6 is 0 Å². The Balaban J connectivity index is 1.99. The molecule has 0 saturated carbocycles. The van der Waals surface area contributed by atoms with E-state index in [4.69, 9.17) is 4.74 Å². The number of aryl methyl sites for hydroxylation is 1. The highest BCUT2D eigenvalue weighted by molar-refractivity contribution is 5.36. The maximum Gasteiger partial charge on any atom is 0.119 e. The van der Waals surface area contributed by atoms with Crippen LogP contribution in [0.5, 0.6) is 5.75 Å². The van der Waals surface area contributed by atoms with Crippen LogP contribution in [0.3, 0.4) is 0 Å². The van der Waals surface area contributed by atoms with Gasteiger partial charge in [-0.3, -0.25) is 0 Å². The Morgan fingerprint density at radius 1 is 1.39 bits per heavy atom. The predicted octanol–water partition coefficient (Wildman–Crippen LogP) is 3.59. The Kier molecular flexibility index (Phi) is 4.28. The summed E-state index contributed by atoms with van der Waals surface area (Å²) in [5, 5.41) is 0. The van der Waals surface area contributed by atoms with Gasteiger partial charge < -0.3 is 9.64 Å². The van der Waals surface area contributed by atoms with E-state index in [0.29, 0.717) is 12.0 Å². The standard InChI is InChI=1S/C16H25NO/c1-12(2)16-10-15(8-7-13(16)3)18-11-14-6-5-9-17(14)4/h7-8,10,12,14H,5-6,9,11H2,1-4H3/t14-/m1/s1. The molecule has 0 bridgehead atoms. The van der Waals surface area contributed by atoms with E-state index >= 15 is 0 Å². The van der Waals surface area contributed by atoms with Gasteiger partial charge in [-0.25, -0.2) is 0 Å². The highest BCUT2D eigenvalue weighted by Gasteiger charge is 2.21. The summed E-state index contributed by atoms with van der Waals surface area (Å²) in [6.45, 7) is 8.66. The van der Waals surface area contributed by atoms with E-state index in [2.05, 4.69) is 50.9 Å². The fourth-order valence-electron chi connectivity index (χ4n) is 2.71. The average Bonchev–Trinajstić information content (AvgIpc) is 2.73. The van der Waals surface area contributed by atoms with Crippen molar-refractivity contribution in [2.24, 2.45) is 0 Å². The maximum absolute atomic E-state index is 5.96. The van der Waals surface area contributed by atoms with Crippen molar-refractivity contribution >= 4 is 0 Å². The Morgan fingerprint density at radius 2 is 2.17 bits per heavy atom. The Morgan fingerprint density at radius 3 is 2.78 bits per heavy atom. The van der Waals surface area contributed by atoms with Crippen molar-refractivity contribution in [3.8, 4) is 5.75 Å². The van der Waals surface area contributed by atoms with Crippen molar-refractivity contribution in [2.45, 2.75) is 45.6 Å². The minimum Gasteiger partial charge on any atom is -0.492 e. The molecule has 1 heterocycles. The normalized spacial score (nSPS) is 20.6. The molecule has 0 N–H and O–H groups in total. The molecule has 0 spiro atoms. The summed E-state index contributed by atoms with van der Waals surface area (Å²) in [6, 6.07) is 7.06. The molecule has 0 aliphatic carbocycles. The molecule has 1 aromatic carbocycles.